The zero-order chi connectivity index (χ0) is 23.2. The van der Waals surface area contributed by atoms with E-state index in [2.05, 4.69) is 21.9 Å². The van der Waals surface area contributed by atoms with Crippen molar-refractivity contribution in [2.45, 2.75) is 32.7 Å². The fourth-order valence-electron chi connectivity index (χ4n) is 3.59. The third kappa shape index (κ3) is 5.69. The van der Waals surface area contributed by atoms with E-state index in [-0.39, 0.29) is 11.8 Å². The summed E-state index contributed by atoms with van der Waals surface area (Å²) in [6.45, 7) is 2.39. The van der Waals surface area contributed by atoms with Gasteiger partial charge in [-0.1, -0.05) is 5.16 Å². The standard InChI is InChI=1S/C23H22N4O4S2/c1-14-17(12-31-27-14)10-25-23(29)30-11-16-2-4-18-19(9-24)22(33-20(18)8-16)26-21(28)5-3-15-6-7-32-13-15/h3,5-7,12-13,16H,2,4,8,10-11H2,1H3,(H,25,29)(H,26,28). The summed E-state index contributed by atoms with van der Waals surface area (Å²) in [4.78, 5) is 25.4. The van der Waals surface area contributed by atoms with E-state index in [1.807, 2.05) is 16.8 Å². The summed E-state index contributed by atoms with van der Waals surface area (Å²) < 4.78 is 10.2. The van der Waals surface area contributed by atoms with Gasteiger partial charge in [0.1, 0.15) is 17.3 Å². The van der Waals surface area contributed by atoms with E-state index >= 15 is 0 Å². The molecular weight excluding hydrogens is 460 g/mol. The molecule has 10 heteroatoms. The van der Waals surface area contributed by atoms with Gasteiger partial charge in [-0.25, -0.2) is 4.79 Å². The predicted octanol–water partition coefficient (Wildman–Crippen LogP) is 4.66. The first-order valence-electron chi connectivity index (χ1n) is 10.4. The van der Waals surface area contributed by atoms with Crippen LogP contribution >= 0.6 is 22.7 Å². The van der Waals surface area contributed by atoms with Crippen molar-refractivity contribution in [3.05, 3.63) is 62.0 Å². The first-order chi connectivity index (χ1) is 16.0. The van der Waals surface area contributed by atoms with E-state index in [0.29, 0.717) is 36.6 Å². The number of nitrogens with one attached hydrogen (secondary N) is 2. The van der Waals surface area contributed by atoms with Crippen LogP contribution in [0.1, 0.15) is 39.2 Å². The average molecular weight is 483 g/mol. The third-order valence-electron chi connectivity index (χ3n) is 5.41. The number of alkyl carbamates (subject to hydrolysis) is 1. The molecule has 0 saturated carbocycles. The van der Waals surface area contributed by atoms with Crippen LogP contribution in [0.25, 0.3) is 6.08 Å². The van der Waals surface area contributed by atoms with Crippen molar-refractivity contribution in [3.63, 3.8) is 0 Å². The second-order valence-electron chi connectivity index (χ2n) is 7.69. The molecule has 2 amide bonds. The second-order valence-corrected chi connectivity index (χ2v) is 9.57. The Labute approximate surface area is 198 Å². The third-order valence-corrected chi connectivity index (χ3v) is 7.28. The number of carbonyl (C=O) groups is 2. The number of rotatable bonds is 7. The molecule has 0 fully saturated rings. The summed E-state index contributed by atoms with van der Waals surface area (Å²) in [6.07, 6.45) is 6.44. The number of fused-ring (bicyclic) bond motifs is 1. The number of hydrogen-bond donors (Lipinski definition) is 2. The monoisotopic (exact) mass is 482 g/mol. The molecule has 0 radical (unpaired) electrons. The lowest BCUT2D eigenvalue weighted by Crippen LogP contribution is -2.27. The summed E-state index contributed by atoms with van der Waals surface area (Å²) in [6, 6.07) is 4.17. The fourth-order valence-corrected chi connectivity index (χ4v) is 5.54. The van der Waals surface area contributed by atoms with Gasteiger partial charge in [-0.05, 0) is 66.1 Å². The molecule has 8 nitrogen and oxygen atoms in total. The molecular formula is C23H22N4O4S2. The highest BCUT2D eigenvalue weighted by molar-refractivity contribution is 7.16. The molecule has 0 bridgehead atoms. The Kier molecular flexibility index (Phi) is 7.22. The maximum atomic E-state index is 12.3. The number of aromatic nitrogens is 1. The van der Waals surface area contributed by atoms with E-state index < -0.39 is 6.09 Å². The number of anilines is 1. The summed E-state index contributed by atoms with van der Waals surface area (Å²) in [5.41, 5.74) is 4.02. The Morgan fingerprint density at radius 1 is 1.45 bits per heavy atom. The summed E-state index contributed by atoms with van der Waals surface area (Å²) in [5.74, 6) is -0.108. The number of ether oxygens (including phenoxy) is 1. The van der Waals surface area contributed by atoms with Crippen LogP contribution in [-0.4, -0.2) is 23.8 Å². The lowest BCUT2D eigenvalue weighted by Gasteiger charge is -2.21. The van der Waals surface area contributed by atoms with E-state index in [1.54, 1.807) is 24.3 Å². The minimum absolute atomic E-state index is 0.160. The van der Waals surface area contributed by atoms with Crippen LogP contribution in [0.3, 0.4) is 0 Å². The van der Waals surface area contributed by atoms with E-state index in [4.69, 9.17) is 9.26 Å². The molecule has 4 rings (SSSR count). The number of carbonyl (C=O) groups excluding carboxylic acids is 2. The molecule has 3 aromatic heterocycles. The Balaban J connectivity index is 1.31. The van der Waals surface area contributed by atoms with E-state index in [1.165, 1.54) is 23.7 Å². The first-order valence-corrected chi connectivity index (χ1v) is 12.2. The maximum Gasteiger partial charge on any atom is 0.407 e. The van der Waals surface area contributed by atoms with Crippen LogP contribution in [-0.2, 0) is 28.9 Å². The highest BCUT2D eigenvalue weighted by Crippen LogP contribution is 2.39. The Morgan fingerprint density at radius 3 is 3.06 bits per heavy atom. The molecule has 1 unspecified atom stereocenters. The van der Waals surface area contributed by atoms with Crippen LogP contribution in [0.2, 0.25) is 0 Å². The van der Waals surface area contributed by atoms with E-state index in [9.17, 15) is 14.9 Å². The topological polar surface area (TPSA) is 117 Å². The Bertz CT molecular complexity index is 1200. The zero-order valence-corrected chi connectivity index (χ0v) is 19.6. The van der Waals surface area contributed by atoms with Gasteiger partial charge in [-0.3, -0.25) is 4.79 Å². The molecule has 0 saturated heterocycles. The molecule has 170 valence electrons. The highest BCUT2D eigenvalue weighted by Gasteiger charge is 2.27. The molecule has 3 aromatic rings. The molecule has 33 heavy (non-hydrogen) atoms. The Morgan fingerprint density at radius 2 is 2.33 bits per heavy atom. The SMILES string of the molecule is Cc1nocc1CNC(=O)OCC1CCc2c(sc(NC(=O)C=Cc3ccsc3)c2C#N)C1. The normalized spacial score (nSPS) is 15.1. The predicted molar refractivity (Wildman–Crippen MR) is 126 cm³/mol. The van der Waals surface area contributed by atoms with Crippen molar-refractivity contribution < 1.29 is 18.8 Å². The fraction of sp³-hybridized carbons (Fsp3) is 0.304. The second kappa shape index (κ2) is 10.5. The average Bonchev–Trinajstić information content (AvgIpc) is 3.54. The van der Waals surface area contributed by atoms with Crippen molar-refractivity contribution in [1.29, 1.82) is 5.26 Å². The van der Waals surface area contributed by atoms with E-state index in [0.717, 1.165) is 33.7 Å². The lowest BCUT2D eigenvalue weighted by molar-refractivity contribution is -0.111. The number of nitrogens with zero attached hydrogens (tertiary/aromatic N) is 2. The van der Waals surface area contributed by atoms with Crippen molar-refractivity contribution in [1.82, 2.24) is 10.5 Å². The van der Waals surface area contributed by atoms with Gasteiger partial charge in [0.15, 0.2) is 0 Å². The number of thiophene rings is 2. The highest BCUT2D eigenvalue weighted by atomic mass is 32.1. The number of amides is 2. The van der Waals surface area contributed by atoms with Gasteiger partial charge >= 0.3 is 6.09 Å². The van der Waals surface area contributed by atoms with Crippen molar-refractivity contribution in [3.8, 4) is 6.07 Å². The van der Waals surface area contributed by atoms with Gasteiger partial charge in [0.05, 0.1) is 24.4 Å². The number of hydrogen-bond acceptors (Lipinski definition) is 8. The minimum atomic E-state index is -0.490. The van der Waals surface area contributed by atoms with Gasteiger partial charge in [-0.15, -0.1) is 11.3 Å². The van der Waals surface area contributed by atoms with Crippen molar-refractivity contribution in [2.75, 3.05) is 11.9 Å². The zero-order valence-electron chi connectivity index (χ0n) is 17.9. The summed E-state index contributed by atoms with van der Waals surface area (Å²) >= 11 is 2.99. The molecule has 3 heterocycles. The quantitative estimate of drug-likeness (QED) is 0.473. The van der Waals surface area contributed by atoms with Crippen LogP contribution in [0.5, 0.6) is 0 Å². The largest absolute Gasteiger partial charge is 0.449 e. The summed E-state index contributed by atoms with van der Waals surface area (Å²) in [5, 5.41) is 23.4. The van der Waals surface area contributed by atoms with Gasteiger partial charge < -0.3 is 19.9 Å². The maximum absolute atomic E-state index is 12.3. The number of nitriles is 1. The van der Waals surface area contributed by atoms with Gasteiger partial charge in [-0.2, -0.15) is 16.6 Å². The lowest BCUT2D eigenvalue weighted by atomic mass is 9.88. The van der Waals surface area contributed by atoms with Crippen molar-refractivity contribution in [2.24, 2.45) is 5.92 Å². The molecule has 0 aromatic carbocycles. The number of aryl methyl sites for hydroxylation is 1. The van der Waals surface area contributed by atoms with Gasteiger partial charge in [0.2, 0.25) is 5.91 Å². The Hall–Kier alpha value is -3.42. The van der Waals surface area contributed by atoms with Gasteiger partial charge in [0.25, 0.3) is 0 Å². The first kappa shape index (κ1) is 22.8. The van der Waals surface area contributed by atoms with Crippen LogP contribution in [0.15, 0.2) is 33.7 Å². The van der Waals surface area contributed by atoms with Gasteiger partial charge in [0, 0.05) is 16.5 Å². The van der Waals surface area contributed by atoms with Crippen LogP contribution < -0.4 is 10.6 Å². The molecule has 0 aliphatic heterocycles. The van der Waals surface area contributed by atoms with Crippen LogP contribution in [0, 0.1) is 24.2 Å². The molecule has 1 atom stereocenters. The smallest absolute Gasteiger partial charge is 0.407 e. The van der Waals surface area contributed by atoms with Crippen molar-refractivity contribution >= 4 is 45.8 Å². The summed E-state index contributed by atoms with van der Waals surface area (Å²) in [7, 11) is 0. The molecule has 2 N–H and O–H groups in total. The van der Waals surface area contributed by atoms with Crippen LogP contribution in [0.4, 0.5) is 9.80 Å². The molecule has 0 spiro atoms. The molecule has 1 aliphatic carbocycles. The molecule has 1 aliphatic rings. The minimum Gasteiger partial charge on any atom is -0.449 e.